The molecule has 0 bridgehead atoms. The van der Waals surface area contributed by atoms with E-state index >= 15 is 0 Å². The Balaban J connectivity index is 2.44. The maximum atomic E-state index is 10.7. The van der Waals surface area contributed by atoms with Crippen molar-refractivity contribution in [1.29, 1.82) is 0 Å². The fourth-order valence-electron chi connectivity index (χ4n) is 1.38. The Morgan fingerprint density at radius 3 is 2.75 bits per heavy atom. The van der Waals surface area contributed by atoms with Crippen molar-refractivity contribution in [3.05, 3.63) is 52.5 Å². The molecule has 0 fully saturated rings. The van der Waals surface area contributed by atoms with Gasteiger partial charge >= 0.3 is 0 Å². The van der Waals surface area contributed by atoms with Gasteiger partial charge in [0.2, 0.25) is 0 Å². The van der Waals surface area contributed by atoms with Gasteiger partial charge in [0.15, 0.2) is 5.84 Å². The summed E-state index contributed by atoms with van der Waals surface area (Å²) in [5.41, 5.74) is 5.50. The maximum absolute atomic E-state index is 10.7. The summed E-state index contributed by atoms with van der Waals surface area (Å²) in [6, 6.07) is 4.72. The van der Waals surface area contributed by atoms with Crippen molar-refractivity contribution < 1.29 is 10.1 Å². The highest BCUT2D eigenvalue weighted by molar-refractivity contribution is 7.99. The molecule has 0 aliphatic heterocycles. The van der Waals surface area contributed by atoms with Crippen molar-refractivity contribution in [3.63, 3.8) is 0 Å². The molecule has 2 aromatic rings. The Bertz CT molecular complexity index is 662. The zero-order chi connectivity index (χ0) is 14.5. The second-order valence-corrected chi connectivity index (χ2v) is 4.64. The molecule has 0 spiro atoms. The molecule has 9 heteroatoms. The first kappa shape index (κ1) is 13.7. The van der Waals surface area contributed by atoms with Gasteiger partial charge in [0.25, 0.3) is 5.69 Å². The predicted molar refractivity (Wildman–Crippen MR) is 71.8 cm³/mol. The second-order valence-electron chi connectivity index (χ2n) is 3.57. The molecule has 0 aliphatic rings. The van der Waals surface area contributed by atoms with E-state index in [1.165, 1.54) is 17.8 Å². The lowest BCUT2D eigenvalue weighted by molar-refractivity contribution is -0.385. The third-order valence-electron chi connectivity index (χ3n) is 2.30. The van der Waals surface area contributed by atoms with Gasteiger partial charge in [-0.15, -0.1) is 0 Å². The lowest BCUT2D eigenvalue weighted by Crippen LogP contribution is -2.15. The van der Waals surface area contributed by atoms with E-state index in [-0.39, 0.29) is 17.1 Å². The van der Waals surface area contributed by atoms with Gasteiger partial charge in [0.1, 0.15) is 11.2 Å². The summed E-state index contributed by atoms with van der Waals surface area (Å²) in [6.45, 7) is 0. The molecular weight excluding hydrogens is 282 g/mol. The molecule has 0 saturated heterocycles. The zero-order valence-electron chi connectivity index (χ0n) is 10.0. The molecule has 0 saturated carbocycles. The number of rotatable bonds is 4. The summed E-state index contributed by atoms with van der Waals surface area (Å²) < 4.78 is 0. The first-order valence-corrected chi connectivity index (χ1v) is 6.13. The number of amidine groups is 1. The van der Waals surface area contributed by atoms with E-state index in [0.717, 1.165) is 11.1 Å². The quantitative estimate of drug-likeness (QED) is 0.288. The van der Waals surface area contributed by atoms with E-state index in [4.69, 9.17) is 10.9 Å². The topological polar surface area (TPSA) is 128 Å². The number of nitro groups is 1. The highest BCUT2D eigenvalue weighted by Crippen LogP contribution is 2.29. The number of hydrogen-bond acceptors (Lipinski definition) is 7. The van der Waals surface area contributed by atoms with Crippen LogP contribution in [-0.4, -0.2) is 25.9 Å². The predicted octanol–water partition coefficient (Wildman–Crippen LogP) is 1.63. The number of aromatic nitrogens is 2. The smallest absolute Gasteiger partial charge is 0.288 e. The van der Waals surface area contributed by atoms with Crippen LogP contribution in [0.4, 0.5) is 5.69 Å². The van der Waals surface area contributed by atoms with E-state index in [9.17, 15) is 10.1 Å². The minimum Gasteiger partial charge on any atom is -0.409 e. The Morgan fingerprint density at radius 1 is 1.45 bits per heavy atom. The summed E-state index contributed by atoms with van der Waals surface area (Å²) in [6.07, 6.45) is 4.34. The summed E-state index contributed by atoms with van der Waals surface area (Å²) in [7, 11) is 0. The van der Waals surface area contributed by atoms with Gasteiger partial charge in [-0.2, -0.15) is 0 Å². The van der Waals surface area contributed by atoms with Crippen LogP contribution in [0.5, 0.6) is 0 Å². The molecule has 102 valence electrons. The lowest BCUT2D eigenvalue weighted by atomic mass is 10.2. The fraction of sp³-hybridized carbons (Fsp3) is 0. The molecule has 2 rings (SSSR count). The van der Waals surface area contributed by atoms with Gasteiger partial charge in [-0.25, -0.2) is 4.98 Å². The minimum atomic E-state index is -0.595. The summed E-state index contributed by atoms with van der Waals surface area (Å²) in [4.78, 5) is 18.9. The van der Waals surface area contributed by atoms with E-state index in [0.29, 0.717) is 5.03 Å². The average molecular weight is 291 g/mol. The molecular formula is C11H9N5O3S. The first-order valence-electron chi connectivity index (χ1n) is 5.32. The first-order chi connectivity index (χ1) is 9.61. The van der Waals surface area contributed by atoms with Crippen LogP contribution in [0.25, 0.3) is 0 Å². The summed E-state index contributed by atoms with van der Waals surface area (Å²) in [5, 5.41) is 22.8. The number of nitrogens with zero attached hydrogens (tertiary/aromatic N) is 4. The molecule has 0 radical (unpaired) electrons. The molecule has 0 atom stereocenters. The van der Waals surface area contributed by atoms with Crippen LogP contribution in [0.3, 0.4) is 0 Å². The molecule has 2 heterocycles. The van der Waals surface area contributed by atoms with Gasteiger partial charge in [-0.3, -0.25) is 15.1 Å². The molecule has 20 heavy (non-hydrogen) atoms. The molecule has 3 N–H and O–H groups in total. The molecule has 0 aliphatic carbocycles. The molecule has 2 aromatic heterocycles. The lowest BCUT2D eigenvalue weighted by Gasteiger charge is -2.06. The Morgan fingerprint density at radius 2 is 2.15 bits per heavy atom. The van der Waals surface area contributed by atoms with E-state index < -0.39 is 4.92 Å². The van der Waals surface area contributed by atoms with Crippen molar-refractivity contribution in [2.45, 2.75) is 9.92 Å². The Kier molecular flexibility index (Phi) is 4.11. The van der Waals surface area contributed by atoms with Crippen molar-refractivity contribution in [2.75, 3.05) is 0 Å². The third kappa shape index (κ3) is 3.01. The normalized spacial score (nSPS) is 11.3. The summed E-state index contributed by atoms with van der Waals surface area (Å²) >= 11 is 1.23. The van der Waals surface area contributed by atoms with Crippen LogP contribution in [0.2, 0.25) is 0 Å². The van der Waals surface area contributed by atoms with E-state index in [1.54, 1.807) is 24.5 Å². The molecule has 0 unspecified atom stereocenters. The maximum Gasteiger partial charge on any atom is 0.288 e. The van der Waals surface area contributed by atoms with Gasteiger partial charge in [-0.1, -0.05) is 16.9 Å². The molecule has 0 amide bonds. The van der Waals surface area contributed by atoms with Crippen molar-refractivity contribution in [2.24, 2.45) is 10.9 Å². The van der Waals surface area contributed by atoms with Crippen LogP contribution >= 0.6 is 11.8 Å². The SMILES string of the molecule is N/C(=N/O)c1cc([N+](=O)[O-])cnc1Sc1ccncc1. The average Bonchev–Trinajstić information content (AvgIpc) is 2.47. The van der Waals surface area contributed by atoms with Gasteiger partial charge < -0.3 is 10.9 Å². The number of hydrogen-bond donors (Lipinski definition) is 2. The van der Waals surface area contributed by atoms with Crippen LogP contribution in [0, 0.1) is 10.1 Å². The van der Waals surface area contributed by atoms with Gasteiger partial charge in [-0.05, 0) is 12.1 Å². The fourth-order valence-corrected chi connectivity index (χ4v) is 2.24. The molecule has 0 aromatic carbocycles. The highest BCUT2D eigenvalue weighted by Gasteiger charge is 2.16. The number of nitrogens with two attached hydrogens (primary N) is 1. The van der Waals surface area contributed by atoms with E-state index in [2.05, 4.69) is 15.1 Å². The van der Waals surface area contributed by atoms with Gasteiger partial charge in [0, 0.05) is 23.4 Å². The van der Waals surface area contributed by atoms with Crippen molar-refractivity contribution in [1.82, 2.24) is 9.97 Å². The zero-order valence-corrected chi connectivity index (χ0v) is 10.8. The van der Waals surface area contributed by atoms with Crippen LogP contribution in [0.15, 0.2) is 51.9 Å². The highest BCUT2D eigenvalue weighted by atomic mass is 32.2. The van der Waals surface area contributed by atoms with Crippen LogP contribution < -0.4 is 5.73 Å². The number of pyridine rings is 2. The van der Waals surface area contributed by atoms with Gasteiger partial charge in [0.05, 0.1) is 10.5 Å². The monoisotopic (exact) mass is 291 g/mol. The summed E-state index contributed by atoms with van der Waals surface area (Å²) in [5.74, 6) is -0.238. The second kappa shape index (κ2) is 5.97. The van der Waals surface area contributed by atoms with Crippen molar-refractivity contribution in [3.8, 4) is 0 Å². The number of oxime groups is 1. The Hall–Kier alpha value is -2.68. The third-order valence-corrected chi connectivity index (χ3v) is 3.32. The van der Waals surface area contributed by atoms with E-state index in [1.807, 2.05) is 0 Å². The van der Waals surface area contributed by atoms with Crippen LogP contribution in [0.1, 0.15) is 5.56 Å². The Labute approximate surface area is 117 Å². The largest absolute Gasteiger partial charge is 0.409 e. The van der Waals surface area contributed by atoms with Crippen LogP contribution in [-0.2, 0) is 0 Å². The van der Waals surface area contributed by atoms with Crippen molar-refractivity contribution >= 4 is 23.3 Å². The standard InChI is InChI=1S/C11H9N5O3S/c12-10(15-17)9-5-7(16(18)19)6-14-11(9)20-8-1-3-13-4-2-8/h1-6,17H,(H2,12,15). The molecule has 8 nitrogen and oxygen atoms in total. The minimum absolute atomic E-state index is 0.198.